The van der Waals surface area contributed by atoms with Crippen molar-refractivity contribution in [1.82, 2.24) is 5.32 Å². The fourth-order valence-electron chi connectivity index (χ4n) is 2.81. The zero-order valence-corrected chi connectivity index (χ0v) is 13.7. The van der Waals surface area contributed by atoms with Crippen molar-refractivity contribution in [2.75, 3.05) is 6.61 Å². The molecule has 0 saturated carbocycles. The first-order valence-electron chi connectivity index (χ1n) is 8.37. The van der Waals surface area contributed by atoms with Gasteiger partial charge in [-0.3, -0.25) is 0 Å². The van der Waals surface area contributed by atoms with Gasteiger partial charge in [0.25, 0.3) is 0 Å². The predicted molar refractivity (Wildman–Crippen MR) is 99.7 cm³/mol. The van der Waals surface area contributed by atoms with Crippen LogP contribution in [0.2, 0.25) is 0 Å². The Hall–Kier alpha value is -2.42. The van der Waals surface area contributed by atoms with Crippen LogP contribution in [-0.4, -0.2) is 17.8 Å². The molecule has 1 atom stereocenters. The van der Waals surface area contributed by atoms with Crippen LogP contribution < -0.4 is 5.32 Å². The average molecular weight is 317 g/mol. The fraction of sp³-hybridized carbons (Fsp3) is 0.182. The summed E-state index contributed by atoms with van der Waals surface area (Å²) < 4.78 is 0. The summed E-state index contributed by atoms with van der Waals surface area (Å²) in [6.45, 7) is 0.904. The van der Waals surface area contributed by atoms with Crippen LogP contribution in [0.4, 0.5) is 0 Å². The van der Waals surface area contributed by atoms with E-state index in [2.05, 4.69) is 66.0 Å². The Kier molecular flexibility index (Phi) is 5.78. The largest absolute Gasteiger partial charge is 0.395 e. The molecule has 0 aliphatic heterocycles. The lowest BCUT2D eigenvalue weighted by molar-refractivity contribution is 0.241. The van der Waals surface area contributed by atoms with E-state index in [1.54, 1.807) is 0 Å². The lowest BCUT2D eigenvalue weighted by atomic mass is 10.0. The molecule has 0 aliphatic carbocycles. The predicted octanol–water partition coefficient (Wildman–Crippen LogP) is 4.05. The molecule has 0 unspecified atom stereocenters. The van der Waals surface area contributed by atoms with E-state index < -0.39 is 0 Å². The molecule has 0 amide bonds. The lowest BCUT2D eigenvalue weighted by Gasteiger charge is -2.17. The minimum absolute atomic E-state index is 0.0628. The number of benzene rings is 3. The fourth-order valence-corrected chi connectivity index (χ4v) is 2.81. The van der Waals surface area contributed by atoms with Gasteiger partial charge in [0.05, 0.1) is 6.61 Å². The van der Waals surface area contributed by atoms with Crippen LogP contribution in [0.1, 0.15) is 11.1 Å². The number of aliphatic hydroxyl groups is 1. The molecule has 0 aliphatic rings. The SMILES string of the molecule is OC[C@@H](Cc1ccc(-c2ccccc2)cc1)NCc1ccccc1. The van der Waals surface area contributed by atoms with Gasteiger partial charge in [-0.2, -0.15) is 0 Å². The molecule has 0 radical (unpaired) electrons. The van der Waals surface area contributed by atoms with Gasteiger partial charge in [0.2, 0.25) is 0 Å². The van der Waals surface area contributed by atoms with Gasteiger partial charge in [-0.05, 0) is 28.7 Å². The van der Waals surface area contributed by atoms with E-state index in [1.165, 1.54) is 22.3 Å². The van der Waals surface area contributed by atoms with E-state index in [4.69, 9.17) is 0 Å². The minimum atomic E-state index is 0.0628. The molecule has 0 heterocycles. The Morgan fingerprint density at radius 2 is 1.25 bits per heavy atom. The highest BCUT2D eigenvalue weighted by atomic mass is 16.3. The van der Waals surface area contributed by atoms with Gasteiger partial charge >= 0.3 is 0 Å². The van der Waals surface area contributed by atoms with Crippen molar-refractivity contribution in [1.29, 1.82) is 0 Å². The van der Waals surface area contributed by atoms with E-state index >= 15 is 0 Å². The highest BCUT2D eigenvalue weighted by Crippen LogP contribution is 2.19. The molecule has 2 N–H and O–H groups in total. The zero-order valence-electron chi connectivity index (χ0n) is 13.7. The van der Waals surface area contributed by atoms with Crippen molar-refractivity contribution >= 4 is 0 Å². The second kappa shape index (κ2) is 8.44. The summed E-state index contributed by atoms with van der Waals surface area (Å²) in [5, 5.41) is 13.1. The lowest BCUT2D eigenvalue weighted by Crippen LogP contribution is -2.34. The smallest absolute Gasteiger partial charge is 0.0587 e. The normalized spacial score (nSPS) is 12.0. The summed E-state index contributed by atoms with van der Waals surface area (Å²) in [4.78, 5) is 0. The third-order valence-corrected chi connectivity index (χ3v) is 4.20. The Labute approximate surface area is 143 Å². The van der Waals surface area contributed by atoms with E-state index in [0.29, 0.717) is 0 Å². The number of rotatable bonds is 7. The quantitative estimate of drug-likeness (QED) is 0.689. The second-order valence-electron chi connectivity index (χ2n) is 6.01. The molecule has 122 valence electrons. The second-order valence-corrected chi connectivity index (χ2v) is 6.01. The minimum Gasteiger partial charge on any atom is -0.395 e. The summed E-state index contributed by atoms with van der Waals surface area (Å²) in [7, 11) is 0. The van der Waals surface area contributed by atoms with Gasteiger partial charge in [0.15, 0.2) is 0 Å². The van der Waals surface area contributed by atoms with Crippen LogP contribution in [0.3, 0.4) is 0 Å². The van der Waals surface area contributed by atoms with E-state index in [9.17, 15) is 5.11 Å². The van der Waals surface area contributed by atoms with Gasteiger partial charge in [-0.1, -0.05) is 84.9 Å². The van der Waals surface area contributed by atoms with Crippen LogP contribution in [-0.2, 0) is 13.0 Å². The maximum absolute atomic E-state index is 9.64. The summed E-state index contributed by atoms with van der Waals surface area (Å²) in [5.41, 5.74) is 4.91. The Balaban J connectivity index is 1.59. The van der Waals surface area contributed by atoms with E-state index in [-0.39, 0.29) is 12.6 Å². The first-order valence-corrected chi connectivity index (χ1v) is 8.37. The van der Waals surface area contributed by atoms with Crippen LogP contribution in [0, 0.1) is 0 Å². The molecule has 3 aromatic rings. The Morgan fingerprint density at radius 3 is 1.88 bits per heavy atom. The third-order valence-electron chi connectivity index (χ3n) is 4.20. The van der Waals surface area contributed by atoms with Crippen molar-refractivity contribution in [2.24, 2.45) is 0 Å². The van der Waals surface area contributed by atoms with Crippen molar-refractivity contribution in [3.63, 3.8) is 0 Å². The van der Waals surface area contributed by atoms with Gasteiger partial charge in [-0.25, -0.2) is 0 Å². The summed E-state index contributed by atoms with van der Waals surface area (Å²) in [5.74, 6) is 0. The van der Waals surface area contributed by atoms with Crippen molar-refractivity contribution in [2.45, 2.75) is 19.0 Å². The highest BCUT2D eigenvalue weighted by Gasteiger charge is 2.08. The molecule has 2 heteroatoms. The van der Waals surface area contributed by atoms with Gasteiger partial charge in [0, 0.05) is 12.6 Å². The molecule has 0 bridgehead atoms. The van der Waals surface area contributed by atoms with Gasteiger partial charge < -0.3 is 10.4 Å². The average Bonchev–Trinajstić information content (AvgIpc) is 2.67. The van der Waals surface area contributed by atoms with Crippen molar-refractivity contribution < 1.29 is 5.11 Å². The number of aliphatic hydroxyl groups excluding tert-OH is 1. The maximum atomic E-state index is 9.64. The Bertz CT molecular complexity index is 723. The molecule has 0 fully saturated rings. The van der Waals surface area contributed by atoms with Gasteiger partial charge in [-0.15, -0.1) is 0 Å². The topological polar surface area (TPSA) is 32.3 Å². The number of hydrogen-bond donors (Lipinski definition) is 2. The molecule has 0 spiro atoms. The molecule has 24 heavy (non-hydrogen) atoms. The van der Waals surface area contributed by atoms with E-state index in [1.807, 2.05) is 24.3 Å². The first kappa shape index (κ1) is 16.4. The first-order chi connectivity index (χ1) is 11.8. The molecular formula is C22H23NO. The molecule has 0 aromatic heterocycles. The van der Waals surface area contributed by atoms with Crippen LogP contribution in [0.25, 0.3) is 11.1 Å². The number of nitrogens with one attached hydrogen (secondary N) is 1. The summed E-state index contributed by atoms with van der Waals surface area (Å²) in [6.07, 6.45) is 0.818. The van der Waals surface area contributed by atoms with Gasteiger partial charge in [0.1, 0.15) is 0 Å². The molecule has 3 rings (SSSR count). The molecule has 2 nitrogen and oxygen atoms in total. The standard InChI is InChI=1S/C22H23NO/c24-17-22(23-16-19-7-3-1-4-8-19)15-18-11-13-21(14-12-18)20-9-5-2-6-10-20/h1-14,22-24H,15-17H2/t22-/m1/s1. The third kappa shape index (κ3) is 4.54. The van der Waals surface area contributed by atoms with E-state index in [0.717, 1.165) is 13.0 Å². The molecule has 3 aromatic carbocycles. The summed E-state index contributed by atoms with van der Waals surface area (Å²) in [6, 6.07) is 29.3. The zero-order chi connectivity index (χ0) is 16.6. The number of hydrogen-bond acceptors (Lipinski definition) is 2. The maximum Gasteiger partial charge on any atom is 0.0587 e. The highest BCUT2D eigenvalue weighted by molar-refractivity contribution is 5.63. The monoisotopic (exact) mass is 317 g/mol. The van der Waals surface area contributed by atoms with Crippen LogP contribution in [0.15, 0.2) is 84.9 Å². The summed E-state index contributed by atoms with van der Waals surface area (Å²) >= 11 is 0. The van der Waals surface area contributed by atoms with Crippen molar-refractivity contribution in [3.05, 3.63) is 96.1 Å². The molecular weight excluding hydrogens is 294 g/mol. The van der Waals surface area contributed by atoms with Crippen LogP contribution in [0.5, 0.6) is 0 Å². The Morgan fingerprint density at radius 1 is 0.667 bits per heavy atom. The van der Waals surface area contributed by atoms with Crippen LogP contribution >= 0.6 is 0 Å². The van der Waals surface area contributed by atoms with Crippen molar-refractivity contribution in [3.8, 4) is 11.1 Å². The molecule has 0 saturated heterocycles.